The lowest BCUT2D eigenvalue weighted by molar-refractivity contribution is 0.0607. The van der Waals surface area contributed by atoms with Gasteiger partial charge in [0, 0.05) is 12.1 Å². The van der Waals surface area contributed by atoms with E-state index in [0.29, 0.717) is 36.1 Å². The quantitative estimate of drug-likeness (QED) is 0.832. The minimum absolute atomic E-state index is 0.0441. The van der Waals surface area contributed by atoms with Crippen molar-refractivity contribution in [1.29, 1.82) is 0 Å². The van der Waals surface area contributed by atoms with Crippen LogP contribution < -0.4 is 10.1 Å². The summed E-state index contributed by atoms with van der Waals surface area (Å²) in [5.74, 6) is 0.594. The van der Waals surface area contributed by atoms with Gasteiger partial charge in [-0.25, -0.2) is 0 Å². The van der Waals surface area contributed by atoms with Crippen molar-refractivity contribution in [3.05, 3.63) is 28.8 Å². The number of ether oxygens (including phenoxy) is 2. The molecule has 1 aliphatic rings. The molecule has 0 aliphatic carbocycles. The first-order chi connectivity index (χ1) is 8.22. The van der Waals surface area contributed by atoms with Gasteiger partial charge < -0.3 is 14.8 Å². The Morgan fingerprint density at radius 3 is 3.00 bits per heavy atom. The van der Waals surface area contributed by atoms with Crippen LogP contribution in [0.15, 0.2) is 18.2 Å². The molecule has 1 N–H and O–H groups in total. The smallest absolute Gasteiger partial charge is 0.183 e. The van der Waals surface area contributed by atoms with Gasteiger partial charge >= 0.3 is 0 Å². The van der Waals surface area contributed by atoms with Crippen molar-refractivity contribution in [2.45, 2.75) is 6.04 Å². The number of hydrogen-bond donors (Lipinski definition) is 1. The van der Waals surface area contributed by atoms with Crippen LogP contribution in [0.1, 0.15) is 10.4 Å². The zero-order chi connectivity index (χ0) is 12.3. The van der Waals surface area contributed by atoms with Crippen molar-refractivity contribution in [1.82, 2.24) is 5.32 Å². The van der Waals surface area contributed by atoms with Crippen LogP contribution >= 0.6 is 11.6 Å². The molecule has 5 heteroatoms. The molecule has 0 radical (unpaired) electrons. The van der Waals surface area contributed by atoms with Gasteiger partial charge in [-0.15, -0.1) is 0 Å². The van der Waals surface area contributed by atoms with E-state index >= 15 is 0 Å². The van der Waals surface area contributed by atoms with E-state index in [0.717, 1.165) is 0 Å². The molecule has 1 fully saturated rings. The van der Waals surface area contributed by atoms with Gasteiger partial charge in [0.15, 0.2) is 5.78 Å². The molecule has 0 aromatic heterocycles. The standard InChI is InChI=1S/C12H14ClNO3/c1-16-8-2-3-9(10(13)6-8)12(15)11-7-17-5-4-14-11/h2-3,6,11,14H,4-5,7H2,1H3. The second-order valence-corrected chi connectivity index (χ2v) is 4.20. The molecule has 1 heterocycles. The molecule has 0 bridgehead atoms. The molecule has 0 saturated carbocycles. The number of halogens is 1. The van der Waals surface area contributed by atoms with Gasteiger partial charge in [0.2, 0.25) is 0 Å². The van der Waals surface area contributed by atoms with Crippen LogP contribution in [0, 0.1) is 0 Å². The molecular weight excluding hydrogens is 242 g/mol. The molecule has 1 saturated heterocycles. The predicted molar refractivity (Wildman–Crippen MR) is 64.9 cm³/mol. The van der Waals surface area contributed by atoms with Gasteiger partial charge in [0.05, 0.1) is 31.4 Å². The van der Waals surface area contributed by atoms with E-state index in [2.05, 4.69) is 5.32 Å². The van der Waals surface area contributed by atoms with Crippen molar-refractivity contribution in [3.63, 3.8) is 0 Å². The molecule has 1 aliphatic heterocycles. The topological polar surface area (TPSA) is 47.6 Å². The molecular formula is C12H14ClNO3. The number of nitrogens with one attached hydrogen (secondary N) is 1. The monoisotopic (exact) mass is 255 g/mol. The number of benzene rings is 1. The van der Waals surface area contributed by atoms with E-state index in [9.17, 15) is 4.79 Å². The fourth-order valence-corrected chi connectivity index (χ4v) is 2.01. The summed E-state index contributed by atoms with van der Waals surface area (Å²) in [6.07, 6.45) is 0. The van der Waals surface area contributed by atoms with Gasteiger partial charge in [-0.1, -0.05) is 11.6 Å². The number of hydrogen-bond acceptors (Lipinski definition) is 4. The summed E-state index contributed by atoms with van der Waals surface area (Å²) in [5.41, 5.74) is 0.496. The van der Waals surface area contributed by atoms with Crippen LogP contribution in [-0.2, 0) is 4.74 Å². The van der Waals surface area contributed by atoms with Crippen LogP contribution in [0.4, 0.5) is 0 Å². The molecule has 17 heavy (non-hydrogen) atoms. The van der Waals surface area contributed by atoms with E-state index in [1.54, 1.807) is 25.3 Å². The Morgan fingerprint density at radius 1 is 1.59 bits per heavy atom. The van der Waals surface area contributed by atoms with Crippen LogP contribution in [-0.4, -0.2) is 38.7 Å². The Labute approximate surface area is 105 Å². The summed E-state index contributed by atoms with van der Waals surface area (Å²) in [6, 6.07) is 4.73. The summed E-state index contributed by atoms with van der Waals surface area (Å²) in [7, 11) is 1.56. The average Bonchev–Trinajstić information content (AvgIpc) is 2.39. The molecule has 92 valence electrons. The largest absolute Gasteiger partial charge is 0.497 e. The van der Waals surface area contributed by atoms with Crippen molar-refractivity contribution < 1.29 is 14.3 Å². The van der Waals surface area contributed by atoms with Gasteiger partial charge in [-0.3, -0.25) is 4.79 Å². The summed E-state index contributed by atoms with van der Waals surface area (Å²) in [6.45, 7) is 1.71. The van der Waals surface area contributed by atoms with Crippen LogP contribution in [0.5, 0.6) is 5.75 Å². The number of carbonyl (C=O) groups is 1. The van der Waals surface area contributed by atoms with E-state index in [1.807, 2.05) is 0 Å². The normalized spacial score (nSPS) is 20.0. The molecule has 1 aromatic rings. The Hall–Kier alpha value is -1.10. The summed E-state index contributed by atoms with van der Waals surface area (Å²) >= 11 is 6.05. The highest BCUT2D eigenvalue weighted by atomic mass is 35.5. The third-order valence-electron chi connectivity index (χ3n) is 2.68. The zero-order valence-electron chi connectivity index (χ0n) is 9.53. The third-order valence-corrected chi connectivity index (χ3v) is 2.99. The number of ketones is 1. The molecule has 1 atom stereocenters. The number of methoxy groups -OCH3 is 1. The Balaban J connectivity index is 2.18. The number of morpholine rings is 1. The number of Topliss-reactive ketones (excluding diaryl/α,β-unsaturated/α-hetero) is 1. The van der Waals surface area contributed by atoms with Crippen LogP contribution in [0.2, 0.25) is 5.02 Å². The SMILES string of the molecule is COc1ccc(C(=O)C2COCCN2)c(Cl)c1. The minimum Gasteiger partial charge on any atom is -0.497 e. The molecule has 1 unspecified atom stereocenters. The van der Waals surface area contributed by atoms with Crippen molar-refractivity contribution in [3.8, 4) is 5.75 Å². The van der Waals surface area contributed by atoms with E-state index in [1.165, 1.54) is 0 Å². The first-order valence-electron chi connectivity index (χ1n) is 5.41. The highest BCUT2D eigenvalue weighted by Gasteiger charge is 2.24. The maximum absolute atomic E-state index is 12.2. The molecule has 0 spiro atoms. The second kappa shape index (κ2) is 5.49. The van der Waals surface area contributed by atoms with Crippen molar-refractivity contribution in [2.75, 3.05) is 26.9 Å². The second-order valence-electron chi connectivity index (χ2n) is 3.79. The van der Waals surface area contributed by atoms with Gasteiger partial charge in [0.25, 0.3) is 0 Å². The first-order valence-corrected chi connectivity index (χ1v) is 5.79. The van der Waals surface area contributed by atoms with E-state index < -0.39 is 0 Å². The molecule has 4 nitrogen and oxygen atoms in total. The molecule has 0 amide bonds. The molecule has 2 rings (SSSR count). The fraction of sp³-hybridized carbons (Fsp3) is 0.417. The maximum Gasteiger partial charge on any atom is 0.183 e. The summed E-state index contributed by atoms with van der Waals surface area (Å²) in [5, 5.41) is 3.51. The van der Waals surface area contributed by atoms with Crippen LogP contribution in [0.25, 0.3) is 0 Å². The van der Waals surface area contributed by atoms with Crippen molar-refractivity contribution >= 4 is 17.4 Å². The summed E-state index contributed by atoms with van der Waals surface area (Å²) in [4.78, 5) is 12.2. The summed E-state index contributed by atoms with van der Waals surface area (Å²) < 4.78 is 10.3. The maximum atomic E-state index is 12.2. The Kier molecular flexibility index (Phi) is 3.99. The highest BCUT2D eigenvalue weighted by Crippen LogP contribution is 2.23. The van der Waals surface area contributed by atoms with Gasteiger partial charge in [-0.05, 0) is 18.2 Å². The van der Waals surface area contributed by atoms with Crippen LogP contribution in [0.3, 0.4) is 0 Å². The van der Waals surface area contributed by atoms with Gasteiger partial charge in [0.1, 0.15) is 5.75 Å². The van der Waals surface area contributed by atoms with Crippen molar-refractivity contribution in [2.24, 2.45) is 0 Å². The third kappa shape index (κ3) is 2.77. The first kappa shape index (κ1) is 12.4. The Bertz CT molecular complexity index is 416. The predicted octanol–water partition coefficient (Wildman–Crippen LogP) is 1.52. The Morgan fingerprint density at radius 2 is 2.41 bits per heavy atom. The number of rotatable bonds is 3. The van der Waals surface area contributed by atoms with E-state index in [4.69, 9.17) is 21.1 Å². The average molecular weight is 256 g/mol. The minimum atomic E-state index is -0.311. The lowest BCUT2D eigenvalue weighted by Gasteiger charge is -2.23. The lowest BCUT2D eigenvalue weighted by Crippen LogP contribution is -2.46. The highest BCUT2D eigenvalue weighted by molar-refractivity contribution is 6.34. The van der Waals surface area contributed by atoms with Gasteiger partial charge in [-0.2, -0.15) is 0 Å². The fourth-order valence-electron chi connectivity index (χ4n) is 1.74. The number of carbonyl (C=O) groups excluding carboxylic acids is 1. The zero-order valence-corrected chi connectivity index (χ0v) is 10.3. The molecule has 1 aromatic carbocycles. The van der Waals surface area contributed by atoms with E-state index in [-0.39, 0.29) is 11.8 Å². The lowest BCUT2D eigenvalue weighted by atomic mass is 10.0.